The second kappa shape index (κ2) is 5.63. The Morgan fingerprint density at radius 2 is 2.05 bits per heavy atom. The van der Waals surface area contributed by atoms with Gasteiger partial charge in [0, 0.05) is 19.1 Å². The second-order valence-corrected chi connectivity index (χ2v) is 5.57. The van der Waals surface area contributed by atoms with Gasteiger partial charge in [-0.05, 0) is 32.4 Å². The molecule has 0 aromatic carbocycles. The van der Waals surface area contributed by atoms with Gasteiger partial charge in [-0.25, -0.2) is 4.98 Å². The Kier molecular flexibility index (Phi) is 3.70. The fourth-order valence-corrected chi connectivity index (χ4v) is 3.13. The Morgan fingerprint density at radius 1 is 1.25 bits per heavy atom. The lowest BCUT2D eigenvalue weighted by atomic mass is 10.1. The third kappa shape index (κ3) is 2.54. The molecule has 2 fully saturated rings. The number of hydrogen-bond acceptors (Lipinski definition) is 6. The average molecular weight is 272 g/mol. The van der Waals surface area contributed by atoms with E-state index in [1.807, 2.05) is 6.07 Å². The van der Waals surface area contributed by atoms with Gasteiger partial charge >= 0.3 is 0 Å². The van der Waals surface area contributed by atoms with E-state index in [9.17, 15) is 0 Å². The van der Waals surface area contributed by atoms with E-state index < -0.39 is 0 Å². The highest BCUT2D eigenvalue weighted by atomic mass is 15.3. The predicted molar refractivity (Wildman–Crippen MR) is 77.2 cm³/mol. The summed E-state index contributed by atoms with van der Waals surface area (Å²) in [6.45, 7) is 4.36. The minimum absolute atomic E-state index is 0.277. The van der Waals surface area contributed by atoms with Crippen molar-refractivity contribution in [3.05, 3.63) is 11.8 Å². The summed E-state index contributed by atoms with van der Waals surface area (Å²) in [6.07, 6.45) is 6.67. The molecule has 6 nitrogen and oxygen atoms in total. The summed E-state index contributed by atoms with van der Waals surface area (Å²) in [4.78, 5) is 13.3. The smallest absolute Gasteiger partial charge is 0.227 e. The van der Waals surface area contributed by atoms with E-state index in [2.05, 4.69) is 19.8 Å². The van der Waals surface area contributed by atoms with Crippen molar-refractivity contribution < 1.29 is 0 Å². The van der Waals surface area contributed by atoms with Crippen molar-refractivity contribution in [3.63, 3.8) is 0 Å². The van der Waals surface area contributed by atoms with E-state index in [4.69, 9.17) is 11.0 Å². The van der Waals surface area contributed by atoms with Gasteiger partial charge in [0.1, 0.15) is 17.5 Å². The first-order valence-electron chi connectivity index (χ1n) is 7.29. The number of rotatable bonds is 2. The van der Waals surface area contributed by atoms with Crippen LogP contribution in [0.2, 0.25) is 0 Å². The van der Waals surface area contributed by atoms with Crippen molar-refractivity contribution in [2.45, 2.75) is 31.7 Å². The Balaban J connectivity index is 1.67. The summed E-state index contributed by atoms with van der Waals surface area (Å²) in [6, 6.07) is 2.60. The van der Waals surface area contributed by atoms with Gasteiger partial charge in [-0.1, -0.05) is 6.42 Å². The molecular weight excluding hydrogens is 252 g/mol. The van der Waals surface area contributed by atoms with Crippen LogP contribution in [-0.4, -0.2) is 47.1 Å². The highest BCUT2D eigenvalue weighted by Crippen LogP contribution is 2.23. The standard InChI is InChI=1S/C14H20N6/c15-8-11-9-17-14(18-13(11)16)20-7-4-12(10-20)19-5-2-1-3-6-19/h9,12H,1-7,10H2,(H2,16,17,18). The lowest BCUT2D eigenvalue weighted by molar-refractivity contribution is 0.174. The zero-order chi connectivity index (χ0) is 13.9. The topological polar surface area (TPSA) is 82.1 Å². The molecule has 1 unspecified atom stereocenters. The molecule has 2 aliphatic heterocycles. The zero-order valence-electron chi connectivity index (χ0n) is 11.6. The van der Waals surface area contributed by atoms with Gasteiger partial charge in [0.05, 0.1) is 6.20 Å². The van der Waals surface area contributed by atoms with Crippen LogP contribution in [0.4, 0.5) is 11.8 Å². The van der Waals surface area contributed by atoms with Crippen molar-refractivity contribution >= 4 is 11.8 Å². The van der Waals surface area contributed by atoms with Crippen molar-refractivity contribution in [3.8, 4) is 6.07 Å². The molecule has 6 heteroatoms. The first-order chi connectivity index (χ1) is 9.78. The molecule has 2 aliphatic rings. The van der Waals surface area contributed by atoms with Crippen LogP contribution in [0.3, 0.4) is 0 Å². The summed E-state index contributed by atoms with van der Waals surface area (Å²) in [5.74, 6) is 0.930. The van der Waals surface area contributed by atoms with Crippen molar-refractivity contribution in [2.24, 2.45) is 0 Å². The highest BCUT2D eigenvalue weighted by molar-refractivity contribution is 5.50. The number of piperidine rings is 1. The number of nitrogens with zero attached hydrogens (tertiary/aromatic N) is 5. The number of nitrogens with two attached hydrogens (primary N) is 1. The Hall–Kier alpha value is -1.87. The first kappa shape index (κ1) is 13.1. The number of anilines is 2. The minimum atomic E-state index is 0.277. The fraction of sp³-hybridized carbons (Fsp3) is 0.643. The van der Waals surface area contributed by atoms with Crippen LogP contribution in [0.15, 0.2) is 6.20 Å². The number of nitrogen functional groups attached to an aromatic ring is 1. The summed E-state index contributed by atoms with van der Waals surface area (Å²) < 4.78 is 0. The average Bonchev–Trinajstić information content (AvgIpc) is 2.98. The maximum absolute atomic E-state index is 8.86. The van der Waals surface area contributed by atoms with E-state index in [0.29, 0.717) is 17.6 Å². The second-order valence-electron chi connectivity index (χ2n) is 5.57. The highest BCUT2D eigenvalue weighted by Gasteiger charge is 2.29. The minimum Gasteiger partial charge on any atom is -0.382 e. The number of nitriles is 1. The number of hydrogen-bond donors (Lipinski definition) is 1. The monoisotopic (exact) mass is 272 g/mol. The maximum atomic E-state index is 8.86. The summed E-state index contributed by atoms with van der Waals surface area (Å²) in [7, 11) is 0. The molecule has 2 N–H and O–H groups in total. The molecule has 2 saturated heterocycles. The third-order valence-corrected chi connectivity index (χ3v) is 4.28. The number of aromatic nitrogens is 2. The molecular formula is C14H20N6. The van der Waals surface area contributed by atoms with Crippen molar-refractivity contribution in [2.75, 3.05) is 36.8 Å². The van der Waals surface area contributed by atoms with E-state index in [0.717, 1.165) is 19.5 Å². The van der Waals surface area contributed by atoms with Gasteiger partial charge in [-0.2, -0.15) is 10.2 Å². The quantitative estimate of drug-likeness (QED) is 0.864. The van der Waals surface area contributed by atoms with E-state index in [1.54, 1.807) is 0 Å². The third-order valence-electron chi connectivity index (χ3n) is 4.28. The molecule has 1 aromatic heterocycles. The van der Waals surface area contributed by atoms with E-state index >= 15 is 0 Å². The molecule has 0 aliphatic carbocycles. The van der Waals surface area contributed by atoms with Crippen LogP contribution in [0.5, 0.6) is 0 Å². The van der Waals surface area contributed by atoms with Crippen LogP contribution < -0.4 is 10.6 Å². The van der Waals surface area contributed by atoms with Gasteiger partial charge in [0.15, 0.2) is 0 Å². The van der Waals surface area contributed by atoms with Crippen LogP contribution in [0.25, 0.3) is 0 Å². The number of likely N-dealkylation sites (tertiary alicyclic amines) is 1. The van der Waals surface area contributed by atoms with Crippen LogP contribution >= 0.6 is 0 Å². The van der Waals surface area contributed by atoms with Crippen molar-refractivity contribution in [1.29, 1.82) is 5.26 Å². The molecule has 0 radical (unpaired) electrons. The lowest BCUT2D eigenvalue weighted by Gasteiger charge is -2.32. The zero-order valence-corrected chi connectivity index (χ0v) is 11.6. The molecule has 1 aromatic rings. The first-order valence-corrected chi connectivity index (χ1v) is 7.29. The SMILES string of the molecule is N#Cc1cnc(N2CCC(N3CCCCC3)C2)nc1N. The molecule has 3 heterocycles. The lowest BCUT2D eigenvalue weighted by Crippen LogP contribution is -2.41. The van der Waals surface area contributed by atoms with Gasteiger partial charge < -0.3 is 10.6 Å². The Labute approximate surface area is 119 Å². The van der Waals surface area contributed by atoms with Gasteiger partial charge in [-0.3, -0.25) is 4.90 Å². The summed E-state index contributed by atoms with van der Waals surface area (Å²) in [5, 5.41) is 8.86. The largest absolute Gasteiger partial charge is 0.382 e. The Bertz CT molecular complexity index is 517. The normalized spacial score (nSPS) is 23.8. The van der Waals surface area contributed by atoms with Crippen LogP contribution in [0, 0.1) is 11.3 Å². The summed E-state index contributed by atoms with van der Waals surface area (Å²) >= 11 is 0. The molecule has 20 heavy (non-hydrogen) atoms. The molecule has 3 rings (SSSR count). The predicted octanol–water partition coefficient (Wildman–Crippen LogP) is 0.995. The van der Waals surface area contributed by atoms with Gasteiger partial charge in [0.25, 0.3) is 0 Å². The van der Waals surface area contributed by atoms with Crippen LogP contribution in [0.1, 0.15) is 31.2 Å². The molecule has 0 amide bonds. The molecule has 0 spiro atoms. The van der Waals surface area contributed by atoms with Gasteiger partial charge in [-0.15, -0.1) is 0 Å². The van der Waals surface area contributed by atoms with Crippen LogP contribution in [-0.2, 0) is 0 Å². The molecule has 0 bridgehead atoms. The van der Waals surface area contributed by atoms with E-state index in [-0.39, 0.29) is 5.82 Å². The molecule has 0 saturated carbocycles. The molecule has 106 valence electrons. The summed E-state index contributed by atoms with van der Waals surface area (Å²) in [5.41, 5.74) is 6.11. The van der Waals surface area contributed by atoms with E-state index in [1.165, 1.54) is 38.5 Å². The van der Waals surface area contributed by atoms with Crippen molar-refractivity contribution in [1.82, 2.24) is 14.9 Å². The molecule has 1 atom stereocenters. The Morgan fingerprint density at radius 3 is 2.75 bits per heavy atom. The van der Waals surface area contributed by atoms with Gasteiger partial charge in [0.2, 0.25) is 5.95 Å². The fourth-order valence-electron chi connectivity index (χ4n) is 3.13. The maximum Gasteiger partial charge on any atom is 0.227 e.